The van der Waals surface area contributed by atoms with Gasteiger partial charge in [0.05, 0.1) is 24.5 Å². The van der Waals surface area contributed by atoms with E-state index in [2.05, 4.69) is 68.6 Å². The Morgan fingerprint density at radius 1 is 1.21 bits per heavy atom. The largest absolute Gasteiger partial charge is 0.487 e. The average molecular weight is 411 g/mol. The number of thioether (sulfide) groups is 1. The molecule has 0 aliphatic carbocycles. The van der Waals surface area contributed by atoms with E-state index in [-0.39, 0.29) is 17.4 Å². The number of ether oxygens (including phenoxy) is 1. The minimum atomic E-state index is -0.929. The van der Waals surface area contributed by atoms with E-state index in [1.807, 2.05) is 0 Å². The Morgan fingerprint density at radius 2 is 1.97 bits per heavy atom. The molecule has 2 aromatic rings. The number of fused-ring (bicyclic) bond motifs is 1. The lowest BCUT2D eigenvalue weighted by atomic mass is 9.73. The summed E-state index contributed by atoms with van der Waals surface area (Å²) < 4.78 is 6.27. The zero-order chi connectivity index (χ0) is 21.2. The Labute approximate surface area is 176 Å². The fraction of sp³-hybridized carbons (Fsp3) is 0.435. The first-order valence-corrected chi connectivity index (χ1v) is 10.6. The molecule has 0 saturated heterocycles. The summed E-state index contributed by atoms with van der Waals surface area (Å²) in [5.74, 6) is 7.24. The Balaban J connectivity index is 1.98. The molecule has 1 N–H and O–H groups in total. The predicted molar refractivity (Wildman–Crippen MR) is 115 cm³/mol. The number of rotatable bonds is 4. The normalized spacial score (nSPS) is 16.2. The van der Waals surface area contributed by atoms with Crippen LogP contribution in [0, 0.1) is 11.8 Å². The maximum Gasteiger partial charge on any atom is 0.309 e. The van der Waals surface area contributed by atoms with Crippen molar-refractivity contribution >= 4 is 17.7 Å². The number of carboxylic acids is 1. The van der Waals surface area contributed by atoms with Crippen LogP contribution in [0.5, 0.6) is 5.75 Å². The topological polar surface area (TPSA) is 72.3 Å². The molecule has 6 heteroatoms. The second-order valence-electron chi connectivity index (χ2n) is 8.41. The van der Waals surface area contributed by atoms with Crippen LogP contribution in [0.4, 0.5) is 0 Å². The molecule has 0 amide bonds. The second kappa shape index (κ2) is 8.08. The van der Waals surface area contributed by atoms with Crippen LogP contribution in [-0.2, 0) is 16.6 Å². The number of hydrogen-bond acceptors (Lipinski definition) is 5. The molecule has 5 nitrogen and oxygen atoms in total. The molecule has 0 saturated carbocycles. The number of aromatic nitrogens is 2. The van der Waals surface area contributed by atoms with Gasteiger partial charge in [-0.3, -0.25) is 9.78 Å². The minimum absolute atomic E-state index is 0.0127. The zero-order valence-corrected chi connectivity index (χ0v) is 18.3. The predicted octanol–water partition coefficient (Wildman–Crippen LogP) is 4.45. The van der Waals surface area contributed by atoms with Gasteiger partial charge in [0.1, 0.15) is 17.0 Å². The second-order valence-corrected chi connectivity index (χ2v) is 9.72. The van der Waals surface area contributed by atoms with Crippen LogP contribution < -0.4 is 4.74 Å². The lowest BCUT2D eigenvalue weighted by Gasteiger charge is -2.42. The molecule has 1 aliphatic heterocycles. The maximum atomic E-state index is 10.8. The third-order valence-corrected chi connectivity index (χ3v) is 5.67. The van der Waals surface area contributed by atoms with Crippen LogP contribution >= 0.6 is 11.8 Å². The number of hydrogen-bond donors (Lipinski definition) is 1. The van der Waals surface area contributed by atoms with Gasteiger partial charge in [0.15, 0.2) is 0 Å². The molecular formula is C23H26N2O3S. The summed E-state index contributed by atoms with van der Waals surface area (Å²) in [6, 6.07) is 4.25. The summed E-state index contributed by atoms with van der Waals surface area (Å²) in [4.78, 5) is 20.2. The van der Waals surface area contributed by atoms with Crippen LogP contribution in [-0.4, -0.2) is 32.4 Å². The molecule has 0 radical (unpaired) electrons. The van der Waals surface area contributed by atoms with Gasteiger partial charge < -0.3 is 9.84 Å². The molecule has 2 heterocycles. The quantitative estimate of drug-likeness (QED) is 0.593. The fourth-order valence-corrected chi connectivity index (χ4v) is 4.60. The number of benzene rings is 1. The van der Waals surface area contributed by atoms with Crippen LogP contribution in [0.25, 0.3) is 0 Å². The first-order valence-electron chi connectivity index (χ1n) is 9.65. The van der Waals surface area contributed by atoms with Gasteiger partial charge in [-0.15, -0.1) is 11.8 Å². The summed E-state index contributed by atoms with van der Waals surface area (Å²) in [6.45, 7) is 10.9. The van der Waals surface area contributed by atoms with Gasteiger partial charge in [-0.25, -0.2) is 4.98 Å². The minimum Gasteiger partial charge on any atom is -0.487 e. The molecule has 1 aromatic heterocycles. The van der Waals surface area contributed by atoms with Gasteiger partial charge in [0, 0.05) is 16.0 Å². The van der Waals surface area contributed by atoms with E-state index in [1.54, 1.807) is 11.8 Å². The number of carboxylic acid groups (broad SMARTS) is 1. The average Bonchev–Trinajstić information content (AvgIpc) is 2.59. The molecule has 1 aromatic carbocycles. The Bertz CT molecular complexity index is 986. The van der Waals surface area contributed by atoms with Gasteiger partial charge in [-0.05, 0) is 49.5 Å². The van der Waals surface area contributed by atoms with Crippen molar-refractivity contribution in [1.29, 1.82) is 0 Å². The van der Waals surface area contributed by atoms with E-state index < -0.39 is 5.97 Å². The maximum absolute atomic E-state index is 10.8. The van der Waals surface area contributed by atoms with Crippen molar-refractivity contribution < 1.29 is 14.6 Å². The van der Waals surface area contributed by atoms with Crippen molar-refractivity contribution in [2.24, 2.45) is 0 Å². The monoisotopic (exact) mass is 410 g/mol. The van der Waals surface area contributed by atoms with Crippen LogP contribution in [0.3, 0.4) is 0 Å². The highest BCUT2D eigenvalue weighted by molar-refractivity contribution is 7.99. The van der Waals surface area contributed by atoms with Crippen molar-refractivity contribution in [3.63, 3.8) is 0 Å². The number of aliphatic carboxylic acids is 1. The van der Waals surface area contributed by atoms with Gasteiger partial charge in [-0.2, -0.15) is 0 Å². The summed E-state index contributed by atoms with van der Waals surface area (Å²) in [7, 11) is 0. The Morgan fingerprint density at radius 3 is 2.59 bits per heavy atom. The first-order chi connectivity index (χ1) is 13.6. The molecule has 0 bridgehead atoms. The lowest BCUT2D eigenvalue weighted by Crippen LogP contribution is -2.41. The standard InChI is InChI=1S/C23H26N2O3S/c1-6-29-20-11-19-18(22(2,3)14-23(4,5)28-19)9-15(20)7-8-16-12-25-17(13-24-16)10-21(26)27/h9,11-13H,6,10,14H2,1-5H3,(H,26,27). The number of nitrogens with zero attached hydrogens (tertiary/aromatic N) is 2. The van der Waals surface area contributed by atoms with Gasteiger partial charge in [0.25, 0.3) is 0 Å². The van der Waals surface area contributed by atoms with Crippen LogP contribution in [0.1, 0.15) is 63.6 Å². The van der Waals surface area contributed by atoms with Crippen molar-refractivity contribution in [3.8, 4) is 17.6 Å². The first kappa shape index (κ1) is 21.2. The van der Waals surface area contributed by atoms with Gasteiger partial charge >= 0.3 is 5.97 Å². The van der Waals surface area contributed by atoms with Crippen molar-refractivity contribution in [3.05, 3.63) is 47.0 Å². The fourth-order valence-electron chi connectivity index (χ4n) is 3.84. The molecule has 1 aliphatic rings. The Kier molecular flexibility index (Phi) is 5.90. The van der Waals surface area contributed by atoms with Crippen molar-refractivity contribution in [1.82, 2.24) is 9.97 Å². The van der Waals surface area contributed by atoms with E-state index in [0.717, 1.165) is 28.4 Å². The third kappa shape index (κ3) is 5.10. The highest BCUT2D eigenvalue weighted by Gasteiger charge is 2.39. The summed E-state index contributed by atoms with van der Waals surface area (Å²) in [5, 5.41) is 8.83. The van der Waals surface area contributed by atoms with Gasteiger partial charge in [-0.1, -0.05) is 26.7 Å². The molecule has 29 heavy (non-hydrogen) atoms. The summed E-state index contributed by atoms with van der Waals surface area (Å²) in [5.41, 5.74) is 2.83. The van der Waals surface area contributed by atoms with Crippen molar-refractivity contribution in [2.75, 3.05) is 5.75 Å². The summed E-state index contributed by atoms with van der Waals surface area (Å²) in [6.07, 6.45) is 3.77. The van der Waals surface area contributed by atoms with E-state index in [9.17, 15) is 4.79 Å². The van der Waals surface area contributed by atoms with Crippen LogP contribution in [0.2, 0.25) is 0 Å². The molecule has 0 atom stereocenters. The molecule has 0 fully saturated rings. The Hall–Kier alpha value is -2.52. The lowest BCUT2D eigenvalue weighted by molar-refractivity contribution is -0.136. The van der Waals surface area contributed by atoms with Gasteiger partial charge in [0.2, 0.25) is 0 Å². The molecule has 0 unspecified atom stereocenters. The summed E-state index contributed by atoms with van der Waals surface area (Å²) >= 11 is 1.74. The van der Waals surface area contributed by atoms with E-state index in [1.165, 1.54) is 18.0 Å². The zero-order valence-electron chi connectivity index (χ0n) is 17.5. The smallest absolute Gasteiger partial charge is 0.309 e. The molecule has 3 rings (SSSR count). The van der Waals surface area contributed by atoms with E-state index >= 15 is 0 Å². The molecular weight excluding hydrogens is 384 g/mol. The van der Waals surface area contributed by atoms with E-state index in [4.69, 9.17) is 9.84 Å². The molecule has 0 spiro atoms. The van der Waals surface area contributed by atoms with Crippen molar-refractivity contribution in [2.45, 2.75) is 63.4 Å². The SMILES string of the molecule is CCSc1cc2c(cc1C#Cc1cnc(CC(=O)O)cn1)C(C)(C)CC(C)(C)O2. The number of carbonyl (C=O) groups is 1. The highest BCUT2D eigenvalue weighted by Crippen LogP contribution is 2.46. The van der Waals surface area contributed by atoms with E-state index in [0.29, 0.717) is 11.4 Å². The third-order valence-electron chi connectivity index (χ3n) is 4.73. The molecule has 152 valence electrons. The van der Waals surface area contributed by atoms with Crippen LogP contribution in [0.15, 0.2) is 29.4 Å². The highest BCUT2D eigenvalue weighted by atomic mass is 32.2.